The molecule has 0 bridgehead atoms. The average Bonchev–Trinajstić information content (AvgIpc) is 2.20. The molecule has 0 heterocycles. The molecule has 96 valence electrons. The van der Waals surface area contributed by atoms with Gasteiger partial charge in [-0.3, -0.25) is 0 Å². The first-order valence-electron chi connectivity index (χ1n) is 5.46. The third-order valence-electron chi connectivity index (χ3n) is 2.29. The fourth-order valence-corrected chi connectivity index (χ4v) is 1.86. The normalized spacial score (nSPS) is 13.1. The minimum absolute atomic E-state index is 0.242. The second-order valence-electron chi connectivity index (χ2n) is 4.28. The molecule has 0 saturated carbocycles. The molecule has 0 aliphatic heterocycles. The Morgan fingerprint density at radius 1 is 1.47 bits per heavy atom. The number of nitrogens with one attached hydrogen (secondary N) is 1. The zero-order valence-electron chi connectivity index (χ0n) is 10.1. The van der Waals surface area contributed by atoms with E-state index < -0.39 is 6.10 Å². The third kappa shape index (κ3) is 5.59. The minimum Gasteiger partial charge on any atom is -0.390 e. The number of rotatable bonds is 6. The number of aliphatic hydroxyl groups excluding tert-OH is 1. The lowest BCUT2D eigenvalue weighted by Gasteiger charge is -2.16. The first kappa shape index (κ1) is 14.6. The van der Waals surface area contributed by atoms with E-state index in [1.807, 2.05) is 19.0 Å². The molecular weight excluding hydrogens is 287 g/mol. The monoisotopic (exact) mass is 304 g/mol. The SMILES string of the molecule is CN(C)CC(O)CNCc1ccc(Br)cc1F. The molecule has 5 heteroatoms. The summed E-state index contributed by atoms with van der Waals surface area (Å²) >= 11 is 3.21. The Morgan fingerprint density at radius 2 is 2.18 bits per heavy atom. The number of nitrogens with zero attached hydrogens (tertiary/aromatic N) is 1. The van der Waals surface area contributed by atoms with Crippen molar-refractivity contribution in [1.82, 2.24) is 10.2 Å². The molecule has 0 aliphatic rings. The van der Waals surface area contributed by atoms with Crippen molar-refractivity contribution in [3.05, 3.63) is 34.1 Å². The fraction of sp³-hybridized carbons (Fsp3) is 0.500. The highest BCUT2D eigenvalue weighted by Gasteiger charge is 2.06. The van der Waals surface area contributed by atoms with Crippen LogP contribution in [-0.2, 0) is 6.54 Å². The maximum atomic E-state index is 13.4. The summed E-state index contributed by atoms with van der Waals surface area (Å²) in [5.41, 5.74) is 0.602. The van der Waals surface area contributed by atoms with Gasteiger partial charge in [-0.1, -0.05) is 22.0 Å². The summed E-state index contributed by atoms with van der Waals surface area (Å²) in [5, 5.41) is 12.6. The van der Waals surface area contributed by atoms with Gasteiger partial charge in [0.1, 0.15) is 5.82 Å². The van der Waals surface area contributed by atoms with Crippen molar-refractivity contribution in [2.45, 2.75) is 12.6 Å². The molecule has 1 aromatic rings. The average molecular weight is 305 g/mol. The van der Waals surface area contributed by atoms with E-state index in [0.29, 0.717) is 25.2 Å². The van der Waals surface area contributed by atoms with Crippen LogP contribution in [0, 0.1) is 5.82 Å². The van der Waals surface area contributed by atoms with Gasteiger partial charge in [0.2, 0.25) is 0 Å². The summed E-state index contributed by atoms with van der Waals surface area (Å²) in [4.78, 5) is 1.91. The van der Waals surface area contributed by atoms with Crippen LogP contribution in [0.15, 0.2) is 22.7 Å². The number of halogens is 2. The number of aliphatic hydroxyl groups is 1. The molecule has 1 atom stereocenters. The van der Waals surface area contributed by atoms with Crippen molar-refractivity contribution < 1.29 is 9.50 Å². The van der Waals surface area contributed by atoms with Crippen LogP contribution in [0.2, 0.25) is 0 Å². The van der Waals surface area contributed by atoms with E-state index in [9.17, 15) is 9.50 Å². The maximum Gasteiger partial charge on any atom is 0.128 e. The van der Waals surface area contributed by atoms with E-state index in [4.69, 9.17) is 0 Å². The Hall–Kier alpha value is -0.490. The maximum absolute atomic E-state index is 13.4. The predicted octanol–water partition coefficient (Wildman–Crippen LogP) is 1.60. The Labute approximate surface area is 110 Å². The van der Waals surface area contributed by atoms with Crippen LogP contribution in [-0.4, -0.2) is 43.3 Å². The van der Waals surface area contributed by atoms with Crippen LogP contribution in [0.25, 0.3) is 0 Å². The Kier molecular flexibility index (Phi) is 6.05. The van der Waals surface area contributed by atoms with Gasteiger partial charge >= 0.3 is 0 Å². The second-order valence-corrected chi connectivity index (χ2v) is 5.20. The van der Waals surface area contributed by atoms with Gasteiger partial charge in [-0.2, -0.15) is 0 Å². The van der Waals surface area contributed by atoms with Crippen LogP contribution in [0.4, 0.5) is 4.39 Å². The molecule has 0 aromatic heterocycles. The van der Waals surface area contributed by atoms with Gasteiger partial charge in [-0.05, 0) is 26.2 Å². The van der Waals surface area contributed by atoms with Crippen molar-refractivity contribution in [3.63, 3.8) is 0 Å². The molecule has 3 nitrogen and oxygen atoms in total. The number of hydrogen-bond donors (Lipinski definition) is 2. The van der Waals surface area contributed by atoms with Gasteiger partial charge in [0.25, 0.3) is 0 Å². The first-order chi connectivity index (χ1) is 7.99. The van der Waals surface area contributed by atoms with Gasteiger partial charge in [-0.15, -0.1) is 0 Å². The van der Waals surface area contributed by atoms with E-state index in [-0.39, 0.29) is 5.82 Å². The highest BCUT2D eigenvalue weighted by molar-refractivity contribution is 9.10. The summed E-state index contributed by atoms with van der Waals surface area (Å²) in [7, 11) is 3.80. The van der Waals surface area contributed by atoms with Gasteiger partial charge < -0.3 is 15.3 Å². The standard InChI is InChI=1S/C12H18BrFN2O/c1-16(2)8-11(17)7-15-6-9-3-4-10(13)5-12(9)14/h3-5,11,15,17H,6-8H2,1-2H3. The molecule has 0 amide bonds. The van der Waals surface area contributed by atoms with Crippen molar-refractivity contribution in [3.8, 4) is 0 Å². The van der Waals surface area contributed by atoms with Crippen LogP contribution < -0.4 is 5.32 Å². The summed E-state index contributed by atoms with van der Waals surface area (Å²) in [6.07, 6.45) is -0.441. The van der Waals surface area contributed by atoms with Crippen molar-refractivity contribution >= 4 is 15.9 Å². The zero-order chi connectivity index (χ0) is 12.8. The number of likely N-dealkylation sites (N-methyl/N-ethyl adjacent to an activating group) is 1. The van der Waals surface area contributed by atoms with Crippen LogP contribution in [0.3, 0.4) is 0 Å². The quantitative estimate of drug-likeness (QED) is 0.838. The summed E-state index contributed by atoms with van der Waals surface area (Å²) < 4.78 is 14.2. The van der Waals surface area contributed by atoms with E-state index in [1.165, 1.54) is 6.07 Å². The smallest absolute Gasteiger partial charge is 0.128 e. The molecule has 0 aliphatic carbocycles. The molecule has 0 saturated heterocycles. The Morgan fingerprint density at radius 3 is 2.76 bits per heavy atom. The number of benzene rings is 1. The van der Waals surface area contributed by atoms with E-state index in [1.54, 1.807) is 12.1 Å². The van der Waals surface area contributed by atoms with E-state index >= 15 is 0 Å². The van der Waals surface area contributed by atoms with E-state index in [2.05, 4.69) is 21.2 Å². The number of hydrogen-bond acceptors (Lipinski definition) is 3. The molecular formula is C12H18BrFN2O. The lowest BCUT2D eigenvalue weighted by atomic mass is 10.2. The molecule has 17 heavy (non-hydrogen) atoms. The molecule has 0 radical (unpaired) electrons. The van der Waals surface area contributed by atoms with Crippen molar-refractivity contribution in [2.24, 2.45) is 0 Å². The molecule has 1 unspecified atom stereocenters. The summed E-state index contributed by atoms with van der Waals surface area (Å²) in [6.45, 7) is 1.47. The summed E-state index contributed by atoms with van der Waals surface area (Å²) in [6, 6.07) is 4.97. The topological polar surface area (TPSA) is 35.5 Å². The van der Waals surface area contributed by atoms with Crippen molar-refractivity contribution in [2.75, 3.05) is 27.2 Å². The zero-order valence-corrected chi connectivity index (χ0v) is 11.7. The second kappa shape index (κ2) is 7.06. The minimum atomic E-state index is -0.441. The fourth-order valence-electron chi connectivity index (χ4n) is 1.52. The van der Waals surface area contributed by atoms with Crippen LogP contribution in [0.5, 0.6) is 0 Å². The van der Waals surface area contributed by atoms with Crippen LogP contribution in [0.1, 0.15) is 5.56 Å². The highest BCUT2D eigenvalue weighted by atomic mass is 79.9. The van der Waals surface area contributed by atoms with Gasteiger partial charge in [0.05, 0.1) is 6.10 Å². The lowest BCUT2D eigenvalue weighted by molar-refractivity contribution is 0.134. The predicted molar refractivity (Wildman–Crippen MR) is 70.4 cm³/mol. The van der Waals surface area contributed by atoms with Crippen molar-refractivity contribution in [1.29, 1.82) is 0 Å². The lowest BCUT2D eigenvalue weighted by Crippen LogP contribution is -2.34. The largest absolute Gasteiger partial charge is 0.390 e. The van der Waals surface area contributed by atoms with Gasteiger partial charge in [0, 0.05) is 29.7 Å². The summed E-state index contributed by atoms with van der Waals surface area (Å²) in [5.74, 6) is -0.242. The third-order valence-corrected chi connectivity index (χ3v) is 2.78. The Bertz CT molecular complexity index is 360. The molecule has 1 aromatic carbocycles. The van der Waals surface area contributed by atoms with E-state index in [0.717, 1.165) is 4.47 Å². The molecule has 0 fully saturated rings. The molecule has 1 rings (SSSR count). The van der Waals surface area contributed by atoms with Gasteiger partial charge in [-0.25, -0.2) is 4.39 Å². The molecule has 2 N–H and O–H groups in total. The van der Waals surface area contributed by atoms with Crippen LogP contribution >= 0.6 is 15.9 Å². The first-order valence-corrected chi connectivity index (χ1v) is 6.26. The van der Waals surface area contributed by atoms with Gasteiger partial charge in [0.15, 0.2) is 0 Å². The molecule has 0 spiro atoms. The highest BCUT2D eigenvalue weighted by Crippen LogP contribution is 2.14. The Balaban J connectivity index is 2.35.